The highest BCUT2D eigenvalue weighted by atomic mass is 19.1. The summed E-state index contributed by atoms with van der Waals surface area (Å²) in [5.74, 6) is -0.251. The summed E-state index contributed by atoms with van der Waals surface area (Å²) in [6, 6.07) is 9.68. The normalized spacial score (nSPS) is 12.5. The highest BCUT2D eigenvalue weighted by molar-refractivity contribution is 5.83. The number of carbonyl (C=O) groups excluding carboxylic acids is 2. The maximum atomic E-state index is 13.8. The molecule has 1 unspecified atom stereocenters. The Kier molecular flexibility index (Phi) is 6.18. The van der Waals surface area contributed by atoms with Crippen LogP contribution < -0.4 is 5.32 Å². The molecule has 0 saturated heterocycles. The van der Waals surface area contributed by atoms with Gasteiger partial charge in [0.05, 0.1) is 12.0 Å². The summed E-state index contributed by atoms with van der Waals surface area (Å²) in [6.45, 7) is 7.08. The van der Waals surface area contributed by atoms with E-state index in [9.17, 15) is 14.0 Å². The first-order chi connectivity index (χ1) is 12.2. The smallest absolute Gasteiger partial charge is 0.307 e. The van der Waals surface area contributed by atoms with Gasteiger partial charge < -0.3 is 14.5 Å². The number of esters is 1. The molecule has 0 bridgehead atoms. The van der Waals surface area contributed by atoms with E-state index in [0.29, 0.717) is 23.5 Å². The molecule has 1 aromatic heterocycles. The van der Waals surface area contributed by atoms with E-state index >= 15 is 0 Å². The molecule has 1 amide bonds. The molecule has 140 valence electrons. The number of amides is 1. The van der Waals surface area contributed by atoms with Crippen molar-refractivity contribution < 1.29 is 23.1 Å². The number of rotatable bonds is 6. The molecule has 0 radical (unpaired) electrons. The zero-order chi connectivity index (χ0) is 19.3. The van der Waals surface area contributed by atoms with Crippen molar-refractivity contribution >= 4 is 11.9 Å². The first-order valence-corrected chi connectivity index (χ1v) is 8.51. The summed E-state index contributed by atoms with van der Waals surface area (Å²) in [7, 11) is 0. The van der Waals surface area contributed by atoms with E-state index in [4.69, 9.17) is 9.15 Å². The van der Waals surface area contributed by atoms with Crippen LogP contribution in [0.3, 0.4) is 0 Å². The van der Waals surface area contributed by atoms with Crippen LogP contribution in [-0.2, 0) is 20.7 Å². The Bertz CT molecular complexity index is 776. The van der Waals surface area contributed by atoms with Crippen molar-refractivity contribution in [3.63, 3.8) is 0 Å². The molecule has 2 rings (SSSR count). The van der Waals surface area contributed by atoms with Crippen LogP contribution in [0.1, 0.15) is 39.9 Å². The van der Waals surface area contributed by atoms with Gasteiger partial charge >= 0.3 is 5.97 Å². The number of nitrogens with one attached hydrogen (secondary N) is 1. The topological polar surface area (TPSA) is 68.5 Å². The summed E-state index contributed by atoms with van der Waals surface area (Å²) in [6.07, 6.45) is -0.495. The van der Waals surface area contributed by atoms with E-state index in [2.05, 4.69) is 5.32 Å². The van der Waals surface area contributed by atoms with Crippen molar-refractivity contribution in [2.75, 3.05) is 0 Å². The number of hydrogen-bond donors (Lipinski definition) is 1. The quantitative estimate of drug-likeness (QED) is 0.793. The van der Waals surface area contributed by atoms with E-state index in [-0.39, 0.29) is 18.1 Å². The standard InChI is InChI=1S/C20H24FNO4/c1-13(19(24)22-20(2,3)4)25-18(23)12-10-14-9-11-17(26-14)15-7-5-6-8-16(15)21/h5-9,11,13H,10,12H2,1-4H3,(H,22,24). The predicted octanol–water partition coefficient (Wildman–Crippen LogP) is 3.86. The second-order valence-electron chi connectivity index (χ2n) is 7.12. The maximum Gasteiger partial charge on any atom is 0.307 e. The molecule has 0 aliphatic heterocycles. The molecule has 1 aromatic carbocycles. The minimum atomic E-state index is -0.868. The molecule has 6 heteroatoms. The summed E-state index contributed by atoms with van der Waals surface area (Å²) in [4.78, 5) is 23.8. The summed E-state index contributed by atoms with van der Waals surface area (Å²) >= 11 is 0. The van der Waals surface area contributed by atoms with Gasteiger partial charge in [0.15, 0.2) is 6.10 Å². The predicted molar refractivity (Wildman–Crippen MR) is 95.9 cm³/mol. The van der Waals surface area contributed by atoms with Gasteiger partial charge in [0.25, 0.3) is 5.91 Å². The first-order valence-electron chi connectivity index (χ1n) is 8.51. The van der Waals surface area contributed by atoms with Gasteiger partial charge in [-0.2, -0.15) is 0 Å². The first kappa shape index (κ1) is 19.7. The number of hydrogen-bond acceptors (Lipinski definition) is 4. The highest BCUT2D eigenvalue weighted by Gasteiger charge is 2.22. The van der Waals surface area contributed by atoms with E-state index in [1.54, 1.807) is 30.3 Å². The van der Waals surface area contributed by atoms with Crippen molar-refractivity contribution in [1.82, 2.24) is 5.32 Å². The number of halogens is 1. The van der Waals surface area contributed by atoms with Gasteiger partial charge in [-0.25, -0.2) is 4.39 Å². The van der Waals surface area contributed by atoms with Crippen LogP contribution in [0.15, 0.2) is 40.8 Å². The lowest BCUT2D eigenvalue weighted by Crippen LogP contribution is -2.46. The van der Waals surface area contributed by atoms with Gasteiger partial charge in [-0.1, -0.05) is 12.1 Å². The molecule has 0 saturated carbocycles. The fraction of sp³-hybridized carbons (Fsp3) is 0.400. The molecule has 2 aromatic rings. The Labute approximate surface area is 152 Å². The summed E-state index contributed by atoms with van der Waals surface area (Å²) in [5, 5.41) is 2.75. The second kappa shape index (κ2) is 8.17. The Morgan fingerprint density at radius 2 is 1.88 bits per heavy atom. The van der Waals surface area contributed by atoms with Crippen molar-refractivity contribution in [2.24, 2.45) is 0 Å². The molecule has 26 heavy (non-hydrogen) atoms. The molecule has 0 fully saturated rings. The van der Waals surface area contributed by atoms with Crippen molar-refractivity contribution in [3.05, 3.63) is 48.0 Å². The number of benzene rings is 1. The number of furan rings is 1. The van der Waals surface area contributed by atoms with E-state index in [0.717, 1.165) is 0 Å². The number of aryl methyl sites for hydroxylation is 1. The van der Waals surface area contributed by atoms with Crippen LogP contribution >= 0.6 is 0 Å². The van der Waals surface area contributed by atoms with E-state index in [1.807, 2.05) is 20.8 Å². The lowest BCUT2D eigenvalue weighted by molar-refractivity contribution is -0.155. The number of ether oxygens (including phenoxy) is 1. The van der Waals surface area contributed by atoms with Crippen LogP contribution in [0, 0.1) is 5.82 Å². The molecule has 1 heterocycles. The van der Waals surface area contributed by atoms with Crippen LogP contribution in [0.25, 0.3) is 11.3 Å². The van der Waals surface area contributed by atoms with Crippen molar-refractivity contribution in [1.29, 1.82) is 0 Å². The fourth-order valence-electron chi connectivity index (χ4n) is 2.32. The molecule has 0 aliphatic rings. The molecular formula is C20H24FNO4. The lowest BCUT2D eigenvalue weighted by atomic mass is 10.1. The molecule has 5 nitrogen and oxygen atoms in total. The fourth-order valence-corrected chi connectivity index (χ4v) is 2.32. The van der Waals surface area contributed by atoms with Crippen LogP contribution in [0.4, 0.5) is 4.39 Å². The Morgan fingerprint density at radius 1 is 1.19 bits per heavy atom. The summed E-state index contributed by atoms with van der Waals surface area (Å²) < 4.78 is 24.5. The van der Waals surface area contributed by atoms with Gasteiger partial charge in [-0.3, -0.25) is 9.59 Å². The third kappa shape index (κ3) is 5.72. The zero-order valence-corrected chi connectivity index (χ0v) is 15.5. The van der Waals surface area contributed by atoms with Gasteiger partial charge in [-0.15, -0.1) is 0 Å². The Balaban J connectivity index is 1.86. The Morgan fingerprint density at radius 3 is 2.54 bits per heavy atom. The molecule has 1 N–H and O–H groups in total. The van der Waals surface area contributed by atoms with Gasteiger partial charge in [-0.05, 0) is 52.0 Å². The van der Waals surface area contributed by atoms with Crippen LogP contribution in [-0.4, -0.2) is 23.5 Å². The van der Waals surface area contributed by atoms with Gasteiger partial charge in [0.1, 0.15) is 17.3 Å². The van der Waals surface area contributed by atoms with Crippen LogP contribution in [0.2, 0.25) is 0 Å². The maximum absolute atomic E-state index is 13.8. The molecule has 0 spiro atoms. The second-order valence-corrected chi connectivity index (χ2v) is 7.12. The zero-order valence-electron chi connectivity index (χ0n) is 15.5. The SMILES string of the molecule is CC(OC(=O)CCc1ccc(-c2ccccc2F)o1)C(=O)NC(C)(C)C. The summed E-state index contributed by atoms with van der Waals surface area (Å²) in [5.41, 5.74) is -0.0246. The van der Waals surface area contributed by atoms with Gasteiger partial charge in [0.2, 0.25) is 0 Å². The third-order valence-electron chi connectivity index (χ3n) is 3.55. The third-order valence-corrected chi connectivity index (χ3v) is 3.55. The van der Waals surface area contributed by atoms with E-state index in [1.165, 1.54) is 13.0 Å². The lowest BCUT2D eigenvalue weighted by Gasteiger charge is -2.23. The molecule has 0 aliphatic carbocycles. The van der Waals surface area contributed by atoms with Crippen molar-refractivity contribution in [3.8, 4) is 11.3 Å². The molecular weight excluding hydrogens is 337 g/mol. The monoisotopic (exact) mass is 361 g/mol. The van der Waals surface area contributed by atoms with E-state index < -0.39 is 17.6 Å². The van der Waals surface area contributed by atoms with Crippen molar-refractivity contribution in [2.45, 2.75) is 52.2 Å². The largest absolute Gasteiger partial charge is 0.461 e. The van der Waals surface area contributed by atoms with Crippen LogP contribution in [0.5, 0.6) is 0 Å². The average Bonchev–Trinajstić information content (AvgIpc) is 3.00. The minimum absolute atomic E-state index is 0.0668. The molecule has 1 atom stereocenters. The number of carbonyl (C=O) groups is 2. The highest BCUT2D eigenvalue weighted by Crippen LogP contribution is 2.25. The Hall–Kier alpha value is -2.63. The minimum Gasteiger partial charge on any atom is -0.461 e. The van der Waals surface area contributed by atoms with Gasteiger partial charge in [0, 0.05) is 12.0 Å². The average molecular weight is 361 g/mol.